The highest BCUT2D eigenvalue weighted by atomic mass is 32.2. The Morgan fingerprint density at radius 2 is 1.73 bits per heavy atom. The van der Waals surface area contributed by atoms with Gasteiger partial charge in [-0.15, -0.1) is 5.54 Å². The van der Waals surface area contributed by atoms with Crippen LogP contribution in [-0.4, -0.2) is 72.3 Å². The largest absolute Gasteiger partial charge is 0.480 e. The fraction of sp³-hybridized carbons (Fsp3) is 0.500. The van der Waals surface area contributed by atoms with Gasteiger partial charge in [0.05, 0.1) is 23.5 Å². The summed E-state index contributed by atoms with van der Waals surface area (Å²) in [7, 11) is -1.06. The Morgan fingerprint density at radius 1 is 1.02 bits per heavy atom. The second-order valence-electron chi connectivity index (χ2n) is 14.2. The number of nitrogens with one attached hydrogen (secondary N) is 1. The van der Waals surface area contributed by atoms with Crippen molar-refractivity contribution < 1.29 is 32.3 Å². The lowest BCUT2D eigenvalue weighted by molar-refractivity contribution is 0.0512. The maximum atomic E-state index is 17.2. The smallest absolute Gasteiger partial charge is 0.227 e. The lowest BCUT2D eigenvalue weighted by Gasteiger charge is -2.38. The first-order chi connectivity index (χ1) is 24.3. The average Bonchev–Trinajstić information content (AvgIpc) is 3.55. The third-order valence-corrected chi connectivity index (χ3v) is 17.2. The number of hydrogen-bond acceptors (Lipinski definition) is 9. The van der Waals surface area contributed by atoms with Crippen LogP contribution in [0.2, 0.25) is 16.6 Å². The van der Waals surface area contributed by atoms with Crippen LogP contribution >= 0.6 is 0 Å². The van der Waals surface area contributed by atoms with E-state index in [-0.39, 0.29) is 69.9 Å². The van der Waals surface area contributed by atoms with Crippen LogP contribution in [0.3, 0.4) is 0 Å². The highest BCUT2D eigenvalue weighted by molar-refractivity contribution is 7.84. The minimum absolute atomic E-state index is 0.0280. The molecule has 2 aromatic heterocycles. The molecule has 274 valence electrons. The number of methoxy groups -OCH3 is 2. The Kier molecular flexibility index (Phi) is 12.0. The van der Waals surface area contributed by atoms with Crippen molar-refractivity contribution in [2.75, 3.05) is 39.2 Å². The zero-order chi connectivity index (χ0) is 37.2. The average molecular weight is 739 g/mol. The molecule has 0 radical (unpaired) electrons. The molecule has 0 saturated heterocycles. The summed E-state index contributed by atoms with van der Waals surface area (Å²) in [5.41, 5.74) is 4.58. The number of rotatable bonds is 12. The number of aliphatic hydroxyl groups excluding tert-OH is 1. The summed E-state index contributed by atoms with van der Waals surface area (Å²) in [4.78, 5) is 13.6. The van der Waals surface area contributed by atoms with Crippen molar-refractivity contribution in [3.05, 3.63) is 41.5 Å². The van der Waals surface area contributed by atoms with Crippen molar-refractivity contribution in [1.82, 2.24) is 15.0 Å². The Balaban J connectivity index is 1.85. The summed E-state index contributed by atoms with van der Waals surface area (Å²) in [6, 6.07) is 6.24. The molecule has 1 aliphatic rings. The minimum atomic E-state index is -2.30. The van der Waals surface area contributed by atoms with E-state index >= 15 is 8.78 Å². The number of pyridine rings is 1. The summed E-state index contributed by atoms with van der Waals surface area (Å²) in [6.45, 7) is 13.1. The molecule has 4 aromatic rings. The molecule has 5 rings (SSSR count). The molecule has 51 heavy (non-hydrogen) atoms. The molecule has 2 N–H and O–H groups in total. The van der Waals surface area contributed by atoms with Crippen molar-refractivity contribution in [2.45, 2.75) is 88.6 Å². The molecular formula is C38H48F2N4O5SSi. The molecule has 1 unspecified atom stereocenters. The molecule has 1 saturated carbocycles. The quantitative estimate of drug-likeness (QED) is 0.0646. The van der Waals surface area contributed by atoms with E-state index in [1.54, 1.807) is 18.2 Å². The van der Waals surface area contributed by atoms with E-state index in [4.69, 9.17) is 14.2 Å². The molecule has 3 atom stereocenters. The molecule has 13 heteroatoms. The van der Waals surface area contributed by atoms with Gasteiger partial charge >= 0.3 is 0 Å². The minimum Gasteiger partial charge on any atom is -0.480 e. The lowest BCUT2D eigenvalue weighted by atomic mass is 9.95. The molecule has 1 aliphatic carbocycles. The molecule has 0 spiro atoms. The van der Waals surface area contributed by atoms with Gasteiger partial charge in [-0.3, -0.25) is 4.21 Å². The van der Waals surface area contributed by atoms with Crippen LogP contribution in [0.5, 0.6) is 11.6 Å². The number of fused-ring (bicyclic) bond motifs is 2. The summed E-state index contributed by atoms with van der Waals surface area (Å²) in [5, 5.41) is 14.1. The molecule has 2 aromatic carbocycles. The summed E-state index contributed by atoms with van der Waals surface area (Å²) >= 11 is 0. The van der Waals surface area contributed by atoms with E-state index in [1.165, 1.54) is 26.5 Å². The molecule has 1 fully saturated rings. The van der Waals surface area contributed by atoms with Crippen LogP contribution in [0.25, 0.3) is 32.9 Å². The van der Waals surface area contributed by atoms with Crippen molar-refractivity contribution in [1.29, 1.82) is 0 Å². The second-order valence-corrected chi connectivity index (χ2v) is 21.1. The van der Waals surface area contributed by atoms with Crippen molar-refractivity contribution in [2.24, 2.45) is 5.92 Å². The summed E-state index contributed by atoms with van der Waals surface area (Å²) in [5.74, 6) is 2.66. The van der Waals surface area contributed by atoms with Crippen LogP contribution < -0.4 is 14.8 Å². The summed E-state index contributed by atoms with van der Waals surface area (Å²) in [6.07, 6.45) is 3.70. The van der Waals surface area contributed by atoms with E-state index in [1.807, 2.05) is 0 Å². The Morgan fingerprint density at radius 3 is 2.31 bits per heavy atom. The number of nitrogens with zero attached hydrogens (tertiary/aromatic N) is 3. The third-order valence-electron chi connectivity index (χ3n) is 10.2. The molecule has 0 bridgehead atoms. The number of ether oxygens (including phenoxy) is 3. The first kappa shape index (κ1) is 38.5. The maximum absolute atomic E-state index is 17.2. The fourth-order valence-electron chi connectivity index (χ4n) is 7.78. The van der Waals surface area contributed by atoms with E-state index in [9.17, 15) is 9.32 Å². The molecular weight excluding hydrogens is 691 g/mol. The molecule has 0 amide bonds. The van der Waals surface area contributed by atoms with Crippen LogP contribution in [-0.2, 0) is 15.5 Å². The molecule has 2 heterocycles. The van der Waals surface area contributed by atoms with Crippen LogP contribution in [0.1, 0.15) is 66.4 Å². The van der Waals surface area contributed by atoms with Crippen molar-refractivity contribution in [3.63, 3.8) is 0 Å². The van der Waals surface area contributed by atoms with E-state index < -0.39 is 30.5 Å². The number of aliphatic hydroxyl groups is 1. The highest BCUT2D eigenvalue weighted by Crippen LogP contribution is 2.43. The fourth-order valence-corrected chi connectivity index (χ4v) is 13.4. The molecule has 9 nitrogen and oxygen atoms in total. The predicted octanol–water partition coefficient (Wildman–Crippen LogP) is 7.99. The SMILES string of the molecule is COCOc1cc(-c2nc(OC)c3c(N[C@@H]4CC[C@H](CO)C4)nc(S(C)=O)nc3c2F)c2c(C#C[Si](C(C)C)(C(C)C)C(C)C)c(F)ccc2c1. The number of halogens is 2. The van der Waals surface area contributed by atoms with Gasteiger partial charge in [-0.05, 0) is 65.4 Å². The van der Waals surface area contributed by atoms with Crippen LogP contribution in [0.4, 0.5) is 14.6 Å². The normalized spacial score (nSPS) is 17.0. The van der Waals surface area contributed by atoms with Crippen LogP contribution in [0.15, 0.2) is 29.4 Å². The van der Waals surface area contributed by atoms with Crippen molar-refractivity contribution >= 4 is 46.4 Å². The van der Waals surface area contributed by atoms with Gasteiger partial charge in [-0.25, -0.2) is 23.7 Å². The Labute approximate surface area is 302 Å². The third kappa shape index (κ3) is 7.47. The van der Waals surface area contributed by atoms with Gasteiger partial charge < -0.3 is 24.6 Å². The van der Waals surface area contributed by atoms with Gasteiger partial charge in [0, 0.05) is 37.0 Å². The maximum Gasteiger partial charge on any atom is 0.227 e. The van der Waals surface area contributed by atoms with E-state index in [2.05, 4.69) is 73.3 Å². The van der Waals surface area contributed by atoms with Gasteiger partial charge in [0.2, 0.25) is 11.0 Å². The number of benzene rings is 2. The number of hydrogen-bond donors (Lipinski definition) is 2. The van der Waals surface area contributed by atoms with Crippen LogP contribution in [0, 0.1) is 29.0 Å². The molecule has 0 aliphatic heterocycles. The van der Waals surface area contributed by atoms with Gasteiger partial charge in [0.1, 0.15) is 42.1 Å². The standard InChI is InChI=1S/C38H48F2N4O5SSi/c1-21(2)51(22(3)4,23(5)6)15-14-28-30(39)13-11-25-17-27(49-20-47-7)18-29(31(25)28)34-33(40)35-32(37(42-34)48-8)36(44-38(43-35)50(9)46)41-26-12-10-24(16-26)19-45/h11,13,17-18,21-24,26,45H,10,12,16,19-20H2,1-9H3,(H,41,43,44)/t24-,26+,50?/m0/s1. The van der Waals surface area contributed by atoms with Gasteiger partial charge in [-0.1, -0.05) is 53.5 Å². The van der Waals surface area contributed by atoms with E-state index in [0.717, 1.165) is 12.8 Å². The highest BCUT2D eigenvalue weighted by Gasteiger charge is 2.42. The Bertz CT molecular complexity index is 1990. The van der Waals surface area contributed by atoms with E-state index in [0.29, 0.717) is 39.6 Å². The first-order valence-corrected chi connectivity index (χ1v) is 21.1. The zero-order valence-corrected chi connectivity index (χ0v) is 32.6. The predicted molar refractivity (Wildman–Crippen MR) is 201 cm³/mol. The van der Waals surface area contributed by atoms with Gasteiger partial charge in [0.25, 0.3) is 0 Å². The Hall–Kier alpha value is -3.70. The van der Waals surface area contributed by atoms with Crippen molar-refractivity contribution in [3.8, 4) is 34.4 Å². The topological polar surface area (TPSA) is 116 Å². The summed E-state index contributed by atoms with van der Waals surface area (Å²) < 4.78 is 62.8. The second kappa shape index (κ2) is 15.9. The van der Waals surface area contributed by atoms with Gasteiger partial charge in [0.15, 0.2) is 12.6 Å². The first-order valence-electron chi connectivity index (χ1n) is 17.3. The number of aromatic nitrogens is 3. The lowest BCUT2D eigenvalue weighted by Crippen LogP contribution is -2.43. The monoisotopic (exact) mass is 738 g/mol. The zero-order valence-electron chi connectivity index (χ0n) is 30.8. The number of anilines is 1. The van der Waals surface area contributed by atoms with Gasteiger partial charge in [-0.2, -0.15) is 0 Å².